The van der Waals surface area contributed by atoms with Crippen molar-refractivity contribution in [1.82, 2.24) is 4.90 Å². The molecule has 2 aromatic rings. The van der Waals surface area contributed by atoms with Gasteiger partial charge in [-0.15, -0.1) is 0 Å². The van der Waals surface area contributed by atoms with Gasteiger partial charge in [-0.2, -0.15) is 0 Å². The van der Waals surface area contributed by atoms with Crippen molar-refractivity contribution in [2.45, 2.75) is 0 Å². The average molecular weight is 405 g/mol. The smallest absolute Gasteiger partial charge is 0.266 e. The number of carbonyl (C=O) groups is 2. The first kappa shape index (κ1) is 18.4. The highest BCUT2D eigenvalue weighted by molar-refractivity contribution is 8.26. The second kappa shape index (κ2) is 7.90. The molecule has 8 heteroatoms. The molecule has 1 aliphatic heterocycles. The zero-order valence-corrected chi connectivity index (χ0v) is 15.7. The molecule has 3 rings (SSSR count). The van der Waals surface area contributed by atoms with E-state index in [1.54, 1.807) is 36.4 Å². The van der Waals surface area contributed by atoms with E-state index in [0.717, 1.165) is 11.8 Å². The maximum absolute atomic E-state index is 12.6. The van der Waals surface area contributed by atoms with Crippen LogP contribution in [-0.4, -0.2) is 32.7 Å². The summed E-state index contributed by atoms with van der Waals surface area (Å²) in [6.45, 7) is -0.208. The number of amides is 2. The van der Waals surface area contributed by atoms with Gasteiger partial charge in [-0.05, 0) is 29.8 Å². The maximum atomic E-state index is 12.6. The molecule has 0 aliphatic carbocycles. The second-order valence-electron chi connectivity index (χ2n) is 5.39. The minimum atomic E-state index is -0.411. The summed E-state index contributed by atoms with van der Waals surface area (Å²) in [6.07, 6.45) is 1.66. The predicted octanol–water partition coefficient (Wildman–Crippen LogP) is 3.89. The van der Waals surface area contributed by atoms with Gasteiger partial charge in [-0.25, -0.2) is 0 Å². The number of phenols is 1. The van der Waals surface area contributed by atoms with Gasteiger partial charge in [0.05, 0.1) is 4.91 Å². The minimum absolute atomic E-state index is 0.0380. The molecular weight excluding hydrogens is 392 g/mol. The highest BCUT2D eigenvalue weighted by Gasteiger charge is 2.33. The van der Waals surface area contributed by atoms with Crippen LogP contribution in [0, 0.1) is 0 Å². The number of aromatic hydroxyl groups is 1. The molecule has 0 bridgehead atoms. The molecular formula is C18H13ClN2O3S2. The summed E-state index contributed by atoms with van der Waals surface area (Å²) < 4.78 is 0.305. The van der Waals surface area contributed by atoms with Crippen LogP contribution in [0.2, 0.25) is 5.02 Å². The minimum Gasteiger partial charge on any atom is -0.508 e. The summed E-state index contributed by atoms with van der Waals surface area (Å²) in [6, 6.07) is 13.3. The molecule has 0 aromatic heterocycles. The fraction of sp³-hybridized carbons (Fsp3) is 0.0556. The van der Waals surface area contributed by atoms with Crippen LogP contribution in [0.4, 0.5) is 5.69 Å². The Bertz CT molecular complexity index is 930. The van der Waals surface area contributed by atoms with E-state index in [1.807, 2.05) is 6.07 Å². The lowest BCUT2D eigenvalue weighted by Crippen LogP contribution is -2.36. The fourth-order valence-electron chi connectivity index (χ4n) is 2.30. The van der Waals surface area contributed by atoms with Crippen LogP contribution in [0.1, 0.15) is 5.56 Å². The molecule has 2 N–H and O–H groups in total. The first-order valence-corrected chi connectivity index (χ1v) is 9.13. The molecule has 132 valence electrons. The van der Waals surface area contributed by atoms with Gasteiger partial charge in [0, 0.05) is 16.8 Å². The molecule has 1 fully saturated rings. The van der Waals surface area contributed by atoms with E-state index in [2.05, 4.69) is 5.32 Å². The van der Waals surface area contributed by atoms with E-state index in [9.17, 15) is 14.7 Å². The molecule has 0 atom stereocenters. The number of halogens is 1. The molecule has 26 heavy (non-hydrogen) atoms. The topological polar surface area (TPSA) is 69.6 Å². The summed E-state index contributed by atoms with van der Waals surface area (Å²) in [7, 11) is 0. The highest BCUT2D eigenvalue weighted by atomic mass is 35.5. The Morgan fingerprint density at radius 3 is 2.77 bits per heavy atom. The number of hydrogen-bond donors (Lipinski definition) is 2. The predicted molar refractivity (Wildman–Crippen MR) is 108 cm³/mol. The molecule has 1 heterocycles. The lowest BCUT2D eigenvalue weighted by Gasteiger charge is -2.14. The van der Waals surface area contributed by atoms with Crippen molar-refractivity contribution in [2.75, 3.05) is 11.9 Å². The van der Waals surface area contributed by atoms with Crippen molar-refractivity contribution in [3.8, 4) is 5.75 Å². The SMILES string of the molecule is O=C(CN1C(=O)/C(=C/c2ccccc2Cl)SC1=S)Nc1cccc(O)c1. The van der Waals surface area contributed by atoms with Crippen LogP contribution >= 0.6 is 35.6 Å². The number of phenolic OH excluding ortho intramolecular Hbond substituents is 1. The number of anilines is 1. The zero-order valence-electron chi connectivity index (χ0n) is 13.3. The van der Waals surface area contributed by atoms with Gasteiger partial charge in [0.25, 0.3) is 5.91 Å². The van der Waals surface area contributed by atoms with E-state index in [0.29, 0.717) is 25.5 Å². The third-order valence-electron chi connectivity index (χ3n) is 3.50. The Morgan fingerprint density at radius 2 is 2.04 bits per heavy atom. The molecule has 0 unspecified atom stereocenters. The number of thioether (sulfide) groups is 1. The normalized spacial score (nSPS) is 15.6. The van der Waals surface area contributed by atoms with E-state index in [1.165, 1.54) is 17.0 Å². The van der Waals surface area contributed by atoms with Crippen LogP contribution in [0.3, 0.4) is 0 Å². The van der Waals surface area contributed by atoms with E-state index in [4.69, 9.17) is 23.8 Å². The molecule has 1 aliphatic rings. The number of carbonyl (C=O) groups excluding carboxylic acids is 2. The number of thiocarbonyl (C=S) groups is 1. The van der Waals surface area contributed by atoms with Crippen LogP contribution in [0.15, 0.2) is 53.4 Å². The molecule has 2 aromatic carbocycles. The molecule has 0 radical (unpaired) electrons. The molecule has 5 nitrogen and oxygen atoms in total. The average Bonchev–Trinajstić information content (AvgIpc) is 2.84. The van der Waals surface area contributed by atoms with Crippen molar-refractivity contribution < 1.29 is 14.7 Å². The van der Waals surface area contributed by atoms with E-state index in [-0.39, 0.29) is 18.2 Å². The van der Waals surface area contributed by atoms with Crippen LogP contribution < -0.4 is 5.32 Å². The van der Waals surface area contributed by atoms with Crippen LogP contribution in [0.5, 0.6) is 5.75 Å². The number of nitrogens with one attached hydrogen (secondary N) is 1. The maximum Gasteiger partial charge on any atom is 0.266 e. The van der Waals surface area contributed by atoms with Crippen molar-refractivity contribution in [3.63, 3.8) is 0 Å². The number of nitrogens with zero attached hydrogens (tertiary/aromatic N) is 1. The number of hydrogen-bond acceptors (Lipinski definition) is 5. The summed E-state index contributed by atoms with van der Waals surface area (Å²) in [4.78, 5) is 26.4. The molecule has 0 saturated carbocycles. The van der Waals surface area contributed by atoms with Crippen LogP contribution in [0.25, 0.3) is 6.08 Å². The first-order valence-electron chi connectivity index (χ1n) is 7.53. The summed E-state index contributed by atoms with van der Waals surface area (Å²) in [5, 5.41) is 12.6. The van der Waals surface area contributed by atoms with Gasteiger partial charge in [0.1, 0.15) is 16.6 Å². The van der Waals surface area contributed by atoms with E-state index < -0.39 is 5.91 Å². The molecule has 1 saturated heterocycles. The summed E-state index contributed by atoms with van der Waals surface area (Å²) in [5.41, 5.74) is 1.14. The lowest BCUT2D eigenvalue weighted by molar-refractivity contribution is -0.126. The van der Waals surface area contributed by atoms with Gasteiger partial charge in [0.2, 0.25) is 5.91 Å². The molecule has 0 spiro atoms. The standard InChI is InChI=1S/C18H13ClN2O3S2/c19-14-7-2-1-4-11(14)8-15-17(24)21(18(25)26-15)10-16(23)20-12-5-3-6-13(22)9-12/h1-9,22H,10H2,(H,20,23)/b15-8-. The number of rotatable bonds is 4. The second-order valence-corrected chi connectivity index (χ2v) is 7.47. The van der Waals surface area contributed by atoms with Gasteiger partial charge in [-0.3, -0.25) is 14.5 Å². The van der Waals surface area contributed by atoms with Crippen molar-refractivity contribution >= 4 is 63.5 Å². The van der Waals surface area contributed by atoms with Crippen molar-refractivity contribution in [2.24, 2.45) is 0 Å². The Morgan fingerprint density at radius 1 is 1.27 bits per heavy atom. The van der Waals surface area contributed by atoms with Crippen molar-refractivity contribution in [1.29, 1.82) is 0 Å². The first-order chi connectivity index (χ1) is 12.4. The van der Waals surface area contributed by atoms with Crippen LogP contribution in [-0.2, 0) is 9.59 Å². The Hall–Kier alpha value is -2.35. The summed E-state index contributed by atoms with van der Waals surface area (Å²) >= 11 is 12.5. The summed E-state index contributed by atoms with van der Waals surface area (Å²) in [5.74, 6) is -0.715. The largest absolute Gasteiger partial charge is 0.508 e. The Kier molecular flexibility index (Phi) is 5.61. The third kappa shape index (κ3) is 4.24. The van der Waals surface area contributed by atoms with Gasteiger partial charge in [0.15, 0.2) is 0 Å². The quantitative estimate of drug-likeness (QED) is 0.597. The Balaban J connectivity index is 1.71. The molecule has 2 amide bonds. The van der Waals surface area contributed by atoms with E-state index >= 15 is 0 Å². The Labute approximate surface area is 164 Å². The monoisotopic (exact) mass is 404 g/mol. The van der Waals surface area contributed by atoms with Gasteiger partial charge < -0.3 is 10.4 Å². The lowest BCUT2D eigenvalue weighted by atomic mass is 10.2. The van der Waals surface area contributed by atoms with Gasteiger partial charge >= 0.3 is 0 Å². The third-order valence-corrected chi connectivity index (χ3v) is 5.22. The fourth-order valence-corrected chi connectivity index (χ4v) is 3.73. The highest BCUT2D eigenvalue weighted by Crippen LogP contribution is 2.33. The van der Waals surface area contributed by atoms with Gasteiger partial charge in [-0.1, -0.05) is 59.8 Å². The number of benzene rings is 2. The zero-order chi connectivity index (χ0) is 18.7. The van der Waals surface area contributed by atoms with Crippen molar-refractivity contribution in [3.05, 3.63) is 64.0 Å².